The second kappa shape index (κ2) is 10.9. The van der Waals surface area contributed by atoms with Gasteiger partial charge in [0.05, 0.1) is 6.04 Å². The molecule has 1 rings (SSSR count). The van der Waals surface area contributed by atoms with Gasteiger partial charge in [-0.15, -0.1) is 12.4 Å². The van der Waals surface area contributed by atoms with Crippen molar-refractivity contribution in [3.63, 3.8) is 0 Å². The Morgan fingerprint density at radius 1 is 1.33 bits per heavy atom. The van der Waals surface area contributed by atoms with Crippen molar-refractivity contribution in [1.82, 2.24) is 10.2 Å². The Kier molecular flexibility index (Phi) is 10.4. The first-order valence-electron chi connectivity index (χ1n) is 7.89. The van der Waals surface area contributed by atoms with Gasteiger partial charge in [-0.3, -0.25) is 9.59 Å². The minimum Gasteiger partial charge on any atom is -0.356 e. The molecular formula is C15H30ClN3O2. The summed E-state index contributed by atoms with van der Waals surface area (Å²) < 4.78 is 0. The van der Waals surface area contributed by atoms with Crippen molar-refractivity contribution in [2.75, 3.05) is 19.6 Å². The van der Waals surface area contributed by atoms with Crippen LogP contribution in [0.25, 0.3) is 0 Å². The largest absolute Gasteiger partial charge is 0.356 e. The van der Waals surface area contributed by atoms with E-state index in [0.717, 1.165) is 45.2 Å². The van der Waals surface area contributed by atoms with Gasteiger partial charge in [-0.05, 0) is 31.6 Å². The first-order chi connectivity index (χ1) is 9.58. The van der Waals surface area contributed by atoms with E-state index < -0.39 is 0 Å². The number of likely N-dealkylation sites (tertiary alicyclic amines) is 1. The van der Waals surface area contributed by atoms with Crippen LogP contribution in [0, 0.1) is 5.92 Å². The first kappa shape index (κ1) is 20.2. The number of halogens is 1. The molecule has 1 heterocycles. The van der Waals surface area contributed by atoms with Crippen LogP contribution in [-0.4, -0.2) is 42.4 Å². The number of amides is 2. The van der Waals surface area contributed by atoms with Gasteiger partial charge in [0.1, 0.15) is 0 Å². The summed E-state index contributed by atoms with van der Waals surface area (Å²) in [5, 5.41) is 2.96. The molecule has 0 aromatic carbocycles. The molecular weight excluding hydrogens is 290 g/mol. The number of hydrogen-bond acceptors (Lipinski definition) is 3. The van der Waals surface area contributed by atoms with E-state index in [1.807, 2.05) is 18.7 Å². The summed E-state index contributed by atoms with van der Waals surface area (Å²) in [6.45, 7) is 6.23. The van der Waals surface area contributed by atoms with E-state index in [1.165, 1.54) is 0 Å². The molecule has 0 saturated carbocycles. The van der Waals surface area contributed by atoms with E-state index in [0.29, 0.717) is 18.9 Å². The Balaban J connectivity index is 0.00000400. The van der Waals surface area contributed by atoms with E-state index in [9.17, 15) is 9.59 Å². The zero-order chi connectivity index (χ0) is 15.0. The molecule has 0 aromatic heterocycles. The van der Waals surface area contributed by atoms with Gasteiger partial charge in [-0.1, -0.05) is 20.3 Å². The van der Waals surface area contributed by atoms with E-state index in [4.69, 9.17) is 5.73 Å². The average Bonchev–Trinajstić information content (AvgIpc) is 2.45. The highest BCUT2D eigenvalue weighted by Gasteiger charge is 2.26. The molecule has 1 fully saturated rings. The minimum absolute atomic E-state index is 0. The SMILES string of the molecule is CCCC(=O)NCC1CCCN(C(=O)C(N)CCC)C1.Cl. The van der Waals surface area contributed by atoms with Gasteiger partial charge in [0.25, 0.3) is 0 Å². The standard InChI is InChI=1S/C15H29N3O2.ClH/c1-3-6-13(16)15(20)18-9-5-8-12(11-18)10-17-14(19)7-4-2;/h12-13H,3-11,16H2,1-2H3,(H,17,19);1H. The van der Waals surface area contributed by atoms with Crippen molar-refractivity contribution in [2.24, 2.45) is 11.7 Å². The molecule has 1 saturated heterocycles. The van der Waals surface area contributed by atoms with Gasteiger partial charge in [0.2, 0.25) is 11.8 Å². The molecule has 1 aliphatic rings. The third-order valence-corrected chi connectivity index (χ3v) is 3.81. The maximum absolute atomic E-state index is 12.2. The van der Waals surface area contributed by atoms with Crippen LogP contribution in [0.5, 0.6) is 0 Å². The minimum atomic E-state index is -0.367. The summed E-state index contributed by atoms with van der Waals surface area (Å²) in [7, 11) is 0. The maximum atomic E-state index is 12.2. The molecule has 0 bridgehead atoms. The van der Waals surface area contributed by atoms with E-state index in [2.05, 4.69) is 5.32 Å². The number of carbonyl (C=O) groups excluding carboxylic acids is 2. The number of nitrogens with two attached hydrogens (primary N) is 1. The quantitative estimate of drug-likeness (QED) is 0.750. The van der Waals surface area contributed by atoms with Crippen molar-refractivity contribution in [2.45, 2.75) is 58.4 Å². The Bertz CT molecular complexity index is 326. The fraction of sp³-hybridized carbons (Fsp3) is 0.867. The van der Waals surface area contributed by atoms with Crippen LogP contribution in [-0.2, 0) is 9.59 Å². The highest BCUT2D eigenvalue weighted by molar-refractivity contribution is 5.85. The summed E-state index contributed by atoms with van der Waals surface area (Å²) in [5.74, 6) is 0.539. The number of hydrogen-bond donors (Lipinski definition) is 2. The Labute approximate surface area is 134 Å². The van der Waals surface area contributed by atoms with Crippen LogP contribution >= 0.6 is 12.4 Å². The lowest BCUT2D eigenvalue weighted by Gasteiger charge is -2.34. The monoisotopic (exact) mass is 319 g/mol. The first-order valence-corrected chi connectivity index (χ1v) is 7.89. The molecule has 0 aliphatic carbocycles. The third-order valence-electron chi connectivity index (χ3n) is 3.81. The molecule has 2 amide bonds. The summed E-state index contributed by atoms with van der Waals surface area (Å²) in [6.07, 6.45) is 5.19. The van der Waals surface area contributed by atoms with Crippen LogP contribution in [0.1, 0.15) is 52.4 Å². The van der Waals surface area contributed by atoms with E-state index >= 15 is 0 Å². The van der Waals surface area contributed by atoms with Gasteiger partial charge in [0.15, 0.2) is 0 Å². The molecule has 21 heavy (non-hydrogen) atoms. The van der Waals surface area contributed by atoms with E-state index in [1.54, 1.807) is 0 Å². The molecule has 1 aliphatic heterocycles. The van der Waals surface area contributed by atoms with Crippen LogP contribution in [0.2, 0.25) is 0 Å². The summed E-state index contributed by atoms with van der Waals surface area (Å²) in [5.41, 5.74) is 5.90. The van der Waals surface area contributed by atoms with E-state index in [-0.39, 0.29) is 30.3 Å². The van der Waals surface area contributed by atoms with Crippen molar-refractivity contribution in [1.29, 1.82) is 0 Å². The topological polar surface area (TPSA) is 75.4 Å². The predicted octanol–water partition coefficient (Wildman–Crippen LogP) is 1.69. The highest BCUT2D eigenvalue weighted by atomic mass is 35.5. The zero-order valence-electron chi connectivity index (χ0n) is 13.3. The zero-order valence-corrected chi connectivity index (χ0v) is 14.1. The van der Waals surface area contributed by atoms with Crippen LogP contribution in [0.15, 0.2) is 0 Å². The fourth-order valence-corrected chi connectivity index (χ4v) is 2.67. The van der Waals surface area contributed by atoms with Gasteiger partial charge < -0.3 is 16.0 Å². The molecule has 2 atom stereocenters. The Hall–Kier alpha value is -0.810. The predicted molar refractivity (Wildman–Crippen MR) is 87.4 cm³/mol. The van der Waals surface area contributed by atoms with Gasteiger partial charge in [-0.2, -0.15) is 0 Å². The average molecular weight is 320 g/mol. The van der Waals surface area contributed by atoms with Crippen LogP contribution < -0.4 is 11.1 Å². The van der Waals surface area contributed by atoms with Crippen molar-refractivity contribution < 1.29 is 9.59 Å². The third kappa shape index (κ3) is 7.14. The van der Waals surface area contributed by atoms with Crippen molar-refractivity contribution >= 4 is 24.2 Å². The second-order valence-electron chi connectivity index (χ2n) is 5.74. The van der Waals surface area contributed by atoms with Gasteiger partial charge >= 0.3 is 0 Å². The number of nitrogens with zero attached hydrogens (tertiary/aromatic N) is 1. The fourth-order valence-electron chi connectivity index (χ4n) is 2.67. The van der Waals surface area contributed by atoms with Gasteiger partial charge in [-0.25, -0.2) is 0 Å². The van der Waals surface area contributed by atoms with Gasteiger partial charge in [0, 0.05) is 26.1 Å². The number of nitrogens with one attached hydrogen (secondary N) is 1. The molecule has 0 spiro atoms. The summed E-state index contributed by atoms with van der Waals surface area (Å²) in [4.78, 5) is 25.5. The van der Waals surface area contributed by atoms with Crippen molar-refractivity contribution in [3.05, 3.63) is 0 Å². The smallest absolute Gasteiger partial charge is 0.239 e. The lowest BCUT2D eigenvalue weighted by atomic mass is 9.97. The highest BCUT2D eigenvalue weighted by Crippen LogP contribution is 2.17. The molecule has 2 unspecified atom stereocenters. The lowest BCUT2D eigenvalue weighted by Crippen LogP contribution is -2.49. The summed E-state index contributed by atoms with van der Waals surface area (Å²) in [6, 6.07) is -0.367. The molecule has 0 aromatic rings. The Morgan fingerprint density at radius 2 is 2.05 bits per heavy atom. The maximum Gasteiger partial charge on any atom is 0.239 e. The molecule has 0 radical (unpaired) electrons. The van der Waals surface area contributed by atoms with Crippen molar-refractivity contribution in [3.8, 4) is 0 Å². The lowest BCUT2D eigenvalue weighted by molar-refractivity contribution is -0.134. The normalized spacial score (nSPS) is 19.6. The number of carbonyl (C=O) groups is 2. The summed E-state index contributed by atoms with van der Waals surface area (Å²) >= 11 is 0. The molecule has 124 valence electrons. The molecule has 3 N–H and O–H groups in total. The van der Waals surface area contributed by atoms with Crippen LogP contribution in [0.3, 0.4) is 0 Å². The Morgan fingerprint density at radius 3 is 2.67 bits per heavy atom. The molecule has 5 nitrogen and oxygen atoms in total. The van der Waals surface area contributed by atoms with Crippen LogP contribution in [0.4, 0.5) is 0 Å². The second-order valence-corrected chi connectivity index (χ2v) is 5.74. The molecule has 6 heteroatoms. The number of piperidine rings is 1. The number of rotatable bonds is 7.